The van der Waals surface area contributed by atoms with Crippen LogP contribution in [0.3, 0.4) is 0 Å². The predicted octanol–water partition coefficient (Wildman–Crippen LogP) is 2.29. The summed E-state index contributed by atoms with van der Waals surface area (Å²) in [4.78, 5) is 6.99. The van der Waals surface area contributed by atoms with Gasteiger partial charge in [-0.15, -0.1) is 0 Å². The standard InChI is InChI=1S/C15H25N3/c1-13(2)18(11-14-6-9-16-10-7-14)12-15-5-3-4-8-17-15/h3-5,8,13-14,16H,6-7,9-12H2,1-2H3. The molecule has 0 unspecified atom stereocenters. The maximum absolute atomic E-state index is 4.44. The first-order chi connectivity index (χ1) is 8.75. The first-order valence-corrected chi connectivity index (χ1v) is 7.10. The van der Waals surface area contributed by atoms with Crippen molar-refractivity contribution in [2.75, 3.05) is 19.6 Å². The highest BCUT2D eigenvalue weighted by Gasteiger charge is 2.19. The van der Waals surface area contributed by atoms with Crippen LogP contribution in [0.2, 0.25) is 0 Å². The molecule has 1 aliphatic heterocycles. The van der Waals surface area contributed by atoms with Crippen LogP contribution in [-0.2, 0) is 6.54 Å². The molecular weight excluding hydrogens is 222 g/mol. The van der Waals surface area contributed by atoms with Crippen LogP contribution >= 0.6 is 0 Å². The number of nitrogens with zero attached hydrogens (tertiary/aromatic N) is 2. The van der Waals surface area contributed by atoms with Gasteiger partial charge >= 0.3 is 0 Å². The summed E-state index contributed by atoms with van der Waals surface area (Å²) in [6, 6.07) is 6.76. The number of aromatic nitrogens is 1. The van der Waals surface area contributed by atoms with Crippen molar-refractivity contribution in [3.63, 3.8) is 0 Å². The van der Waals surface area contributed by atoms with E-state index in [-0.39, 0.29) is 0 Å². The highest BCUT2D eigenvalue weighted by molar-refractivity contribution is 5.03. The third kappa shape index (κ3) is 4.07. The van der Waals surface area contributed by atoms with Gasteiger partial charge in [0.1, 0.15) is 0 Å². The number of hydrogen-bond donors (Lipinski definition) is 1. The second-order valence-corrected chi connectivity index (χ2v) is 5.54. The van der Waals surface area contributed by atoms with E-state index in [4.69, 9.17) is 0 Å². The second kappa shape index (κ2) is 6.86. The van der Waals surface area contributed by atoms with Gasteiger partial charge < -0.3 is 5.32 Å². The molecule has 0 bridgehead atoms. The fraction of sp³-hybridized carbons (Fsp3) is 0.667. The normalized spacial score (nSPS) is 17.6. The lowest BCUT2D eigenvalue weighted by molar-refractivity contribution is 0.160. The van der Waals surface area contributed by atoms with Crippen molar-refractivity contribution in [1.82, 2.24) is 15.2 Å². The molecule has 0 aromatic carbocycles. The minimum atomic E-state index is 0.585. The zero-order valence-corrected chi connectivity index (χ0v) is 11.6. The van der Waals surface area contributed by atoms with Crippen molar-refractivity contribution < 1.29 is 0 Å². The summed E-state index contributed by atoms with van der Waals surface area (Å²) in [6.07, 6.45) is 4.51. The van der Waals surface area contributed by atoms with E-state index in [1.807, 2.05) is 12.3 Å². The van der Waals surface area contributed by atoms with Gasteiger partial charge in [-0.2, -0.15) is 0 Å². The van der Waals surface area contributed by atoms with E-state index in [1.165, 1.54) is 38.2 Å². The van der Waals surface area contributed by atoms with E-state index in [1.54, 1.807) is 0 Å². The van der Waals surface area contributed by atoms with E-state index in [0.717, 1.165) is 12.5 Å². The van der Waals surface area contributed by atoms with E-state index in [2.05, 4.69) is 41.2 Å². The van der Waals surface area contributed by atoms with Gasteiger partial charge in [0.2, 0.25) is 0 Å². The number of rotatable bonds is 5. The molecule has 2 heterocycles. The van der Waals surface area contributed by atoms with Gasteiger partial charge in [-0.05, 0) is 57.8 Å². The van der Waals surface area contributed by atoms with Crippen LogP contribution in [0.5, 0.6) is 0 Å². The zero-order valence-electron chi connectivity index (χ0n) is 11.6. The lowest BCUT2D eigenvalue weighted by atomic mass is 9.97. The van der Waals surface area contributed by atoms with Gasteiger partial charge in [-0.1, -0.05) is 6.07 Å². The number of nitrogens with one attached hydrogen (secondary N) is 1. The molecule has 0 amide bonds. The third-order valence-corrected chi connectivity index (χ3v) is 3.77. The summed E-state index contributed by atoms with van der Waals surface area (Å²) in [5, 5.41) is 3.44. The molecule has 1 aromatic heterocycles. The second-order valence-electron chi connectivity index (χ2n) is 5.54. The molecule has 1 aliphatic rings. The molecule has 100 valence electrons. The Balaban J connectivity index is 1.91. The molecule has 0 saturated carbocycles. The Morgan fingerprint density at radius 2 is 2.11 bits per heavy atom. The van der Waals surface area contributed by atoms with E-state index in [0.29, 0.717) is 6.04 Å². The average Bonchev–Trinajstić information content (AvgIpc) is 2.40. The van der Waals surface area contributed by atoms with Gasteiger partial charge in [-0.3, -0.25) is 9.88 Å². The third-order valence-electron chi connectivity index (χ3n) is 3.77. The Kier molecular flexibility index (Phi) is 5.14. The first kappa shape index (κ1) is 13.5. The summed E-state index contributed by atoms with van der Waals surface area (Å²) in [5.41, 5.74) is 1.18. The fourth-order valence-electron chi connectivity index (χ4n) is 2.55. The van der Waals surface area contributed by atoms with Crippen LogP contribution in [0.1, 0.15) is 32.4 Å². The lowest BCUT2D eigenvalue weighted by Gasteiger charge is -2.32. The van der Waals surface area contributed by atoms with Crippen molar-refractivity contribution in [3.05, 3.63) is 30.1 Å². The largest absolute Gasteiger partial charge is 0.317 e. The molecule has 3 nitrogen and oxygen atoms in total. The molecule has 3 heteroatoms. The van der Waals surface area contributed by atoms with Crippen LogP contribution in [0.15, 0.2) is 24.4 Å². The first-order valence-electron chi connectivity index (χ1n) is 7.10. The molecule has 1 aromatic rings. The molecule has 1 saturated heterocycles. The van der Waals surface area contributed by atoms with Crippen molar-refractivity contribution in [1.29, 1.82) is 0 Å². The van der Waals surface area contributed by atoms with Crippen LogP contribution in [0.25, 0.3) is 0 Å². The fourth-order valence-corrected chi connectivity index (χ4v) is 2.55. The van der Waals surface area contributed by atoms with Crippen molar-refractivity contribution in [3.8, 4) is 0 Å². The number of hydrogen-bond acceptors (Lipinski definition) is 3. The van der Waals surface area contributed by atoms with E-state index < -0.39 is 0 Å². The maximum Gasteiger partial charge on any atom is 0.0544 e. The molecule has 18 heavy (non-hydrogen) atoms. The summed E-state index contributed by atoms with van der Waals surface area (Å²) >= 11 is 0. The molecule has 0 spiro atoms. The van der Waals surface area contributed by atoms with Gasteiger partial charge in [0.25, 0.3) is 0 Å². The Morgan fingerprint density at radius 3 is 2.72 bits per heavy atom. The van der Waals surface area contributed by atoms with Crippen molar-refractivity contribution in [2.45, 2.75) is 39.3 Å². The zero-order chi connectivity index (χ0) is 12.8. The van der Waals surface area contributed by atoms with Crippen LogP contribution < -0.4 is 5.32 Å². The lowest BCUT2D eigenvalue weighted by Crippen LogP contribution is -2.39. The van der Waals surface area contributed by atoms with Gasteiger partial charge in [0, 0.05) is 25.3 Å². The van der Waals surface area contributed by atoms with Crippen molar-refractivity contribution >= 4 is 0 Å². The summed E-state index contributed by atoms with van der Waals surface area (Å²) in [7, 11) is 0. The Hall–Kier alpha value is -0.930. The molecule has 0 radical (unpaired) electrons. The predicted molar refractivity (Wildman–Crippen MR) is 75.4 cm³/mol. The van der Waals surface area contributed by atoms with E-state index >= 15 is 0 Å². The molecular formula is C15H25N3. The molecule has 1 N–H and O–H groups in total. The number of pyridine rings is 1. The van der Waals surface area contributed by atoms with Crippen LogP contribution in [0.4, 0.5) is 0 Å². The summed E-state index contributed by atoms with van der Waals surface area (Å²) < 4.78 is 0. The smallest absolute Gasteiger partial charge is 0.0544 e. The Labute approximate surface area is 111 Å². The van der Waals surface area contributed by atoms with Gasteiger partial charge in [0.05, 0.1) is 5.69 Å². The minimum absolute atomic E-state index is 0.585. The van der Waals surface area contributed by atoms with Crippen molar-refractivity contribution in [2.24, 2.45) is 5.92 Å². The quantitative estimate of drug-likeness (QED) is 0.865. The maximum atomic E-state index is 4.44. The highest BCUT2D eigenvalue weighted by atomic mass is 15.2. The number of piperidine rings is 1. The Morgan fingerprint density at radius 1 is 1.33 bits per heavy atom. The monoisotopic (exact) mass is 247 g/mol. The summed E-state index contributed by atoms with van der Waals surface area (Å²) in [6.45, 7) is 9.10. The topological polar surface area (TPSA) is 28.2 Å². The highest BCUT2D eigenvalue weighted by Crippen LogP contribution is 2.16. The molecule has 2 rings (SSSR count). The van der Waals surface area contributed by atoms with Crippen LogP contribution in [0, 0.1) is 5.92 Å². The average molecular weight is 247 g/mol. The molecule has 1 fully saturated rings. The van der Waals surface area contributed by atoms with Gasteiger partial charge in [0.15, 0.2) is 0 Å². The van der Waals surface area contributed by atoms with Crippen LogP contribution in [-0.4, -0.2) is 35.6 Å². The SMILES string of the molecule is CC(C)N(Cc1ccccn1)CC1CCNCC1. The Bertz CT molecular complexity index is 331. The molecule has 0 atom stereocenters. The minimum Gasteiger partial charge on any atom is -0.317 e. The summed E-state index contributed by atoms with van der Waals surface area (Å²) in [5.74, 6) is 0.845. The van der Waals surface area contributed by atoms with E-state index in [9.17, 15) is 0 Å². The van der Waals surface area contributed by atoms with Gasteiger partial charge in [-0.25, -0.2) is 0 Å². The molecule has 0 aliphatic carbocycles.